The van der Waals surface area contributed by atoms with Crippen molar-refractivity contribution in [1.29, 1.82) is 0 Å². The van der Waals surface area contributed by atoms with Crippen LogP contribution in [0.4, 0.5) is 5.82 Å². The number of nitrogens with one attached hydrogen (secondary N) is 2. The number of aromatic nitrogens is 2. The predicted molar refractivity (Wildman–Crippen MR) is 66.5 cm³/mol. The second-order valence-corrected chi connectivity index (χ2v) is 4.16. The molecule has 0 saturated heterocycles. The third-order valence-electron chi connectivity index (χ3n) is 1.73. The predicted octanol–water partition coefficient (Wildman–Crippen LogP) is 1.83. The molecular formula is C9H12BrClN4O. The van der Waals surface area contributed by atoms with E-state index in [0.717, 1.165) is 0 Å². The second kappa shape index (κ2) is 6.65. The molecule has 2 N–H and O–H groups in total. The van der Waals surface area contributed by atoms with Crippen LogP contribution in [-0.2, 0) is 4.79 Å². The summed E-state index contributed by atoms with van der Waals surface area (Å²) in [7, 11) is 0. The van der Waals surface area contributed by atoms with Crippen LogP contribution in [0.15, 0.2) is 10.7 Å². The van der Waals surface area contributed by atoms with E-state index < -0.39 is 0 Å². The van der Waals surface area contributed by atoms with Crippen LogP contribution in [0.2, 0.25) is 5.28 Å². The van der Waals surface area contributed by atoms with Crippen LogP contribution in [0.5, 0.6) is 0 Å². The number of carbonyl (C=O) groups is 1. The monoisotopic (exact) mass is 306 g/mol. The number of halogens is 2. The molecule has 0 aromatic carbocycles. The molecule has 1 aromatic heterocycles. The Bertz CT molecular complexity index is 375. The molecule has 7 heteroatoms. The molecule has 5 nitrogen and oxygen atoms in total. The topological polar surface area (TPSA) is 66.9 Å². The number of rotatable bonds is 5. The van der Waals surface area contributed by atoms with Gasteiger partial charge in [0.2, 0.25) is 11.2 Å². The standard InChI is InChI=1S/C9H12BrClN4O/c1-2-12-7(16)3-4-13-8-6(10)5-14-9(11)15-8/h5H,2-4H2,1H3,(H,12,16)(H,13,14,15). The smallest absolute Gasteiger partial charge is 0.224 e. The van der Waals surface area contributed by atoms with Gasteiger partial charge in [-0.15, -0.1) is 0 Å². The largest absolute Gasteiger partial charge is 0.368 e. The minimum absolute atomic E-state index is 0.00581. The van der Waals surface area contributed by atoms with Gasteiger partial charge in [-0.3, -0.25) is 4.79 Å². The van der Waals surface area contributed by atoms with E-state index >= 15 is 0 Å². The highest BCUT2D eigenvalue weighted by Crippen LogP contribution is 2.19. The molecule has 0 unspecified atom stereocenters. The summed E-state index contributed by atoms with van der Waals surface area (Å²) in [5.41, 5.74) is 0. The fraction of sp³-hybridized carbons (Fsp3) is 0.444. The summed E-state index contributed by atoms with van der Waals surface area (Å²) < 4.78 is 0.716. The maximum absolute atomic E-state index is 11.2. The molecule has 0 saturated carbocycles. The first-order chi connectivity index (χ1) is 7.63. The van der Waals surface area contributed by atoms with Gasteiger partial charge in [0.1, 0.15) is 5.82 Å². The summed E-state index contributed by atoms with van der Waals surface area (Å²) >= 11 is 8.93. The summed E-state index contributed by atoms with van der Waals surface area (Å²) in [6.07, 6.45) is 1.95. The van der Waals surface area contributed by atoms with Crippen LogP contribution in [0.1, 0.15) is 13.3 Å². The van der Waals surface area contributed by atoms with Gasteiger partial charge in [-0.05, 0) is 34.5 Å². The highest BCUT2D eigenvalue weighted by atomic mass is 79.9. The van der Waals surface area contributed by atoms with Crippen molar-refractivity contribution in [2.45, 2.75) is 13.3 Å². The van der Waals surface area contributed by atoms with Gasteiger partial charge >= 0.3 is 0 Å². The molecule has 1 aromatic rings. The van der Waals surface area contributed by atoms with Gasteiger partial charge in [-0.1, -0.05) is 0 Å². The van der Waals surface area contributed by atoms with E-state index in [-0.39, 0.29) is 11.2 Å². The normalized spacial score (nSPS) is 9.94. The zero-order valence-corrected chi connectivity index (χ0v) is 11.1. The van der Waals surface area contributed by atoms with Crippen molar-refractivity contribution in [2.75, 3.05) is 18.4 Å². The SMILES string of the molecule is CCNC(=O)CCNc1nc(Cl)ncc1Br. The van der Waals surface area contributed by atoms with E-state index in [1.54, 1.807) is 6.20 Å². The van der Waals surface area contributed by atoms with E-state index in [0.29, 0.717) is 29.8 Å². The number of amides is 1. The van der Waals surface area contributed by atoms with Crippen molar-refractivity contribution in [3.63, 3.8) is 0 Å². The minimum Gasteiger partial charge on any atom is -0.368 e. The lowest BCUT2D eigenvalue weighted by Crippen LogP contribution is -2.24. The van der Waals surface area contributed by atoms with Crippen molar-refractivity contribution in [3.05, 3.63) is 16.0 Å². The van der Waals surface area contributed by atoms with Crippen LogP contribution < -0.4 is 10.6 Å². The lowest BCUT2D eigenvalue weighted by atomic mass is 10.4. The Morgan fingerprint density at radius 2 is 2.38 bits per heavy atom. The van der Waals surface area contributed by atoms with Crippen molar-refractivity contribution in [2.24, 2.45) is 0 Å². The van der Waals surface area contributed by atoms with E-state index in [1.165, 1.54) is 0 Å². The molecule has 0 bridgehead atoms. The summed E-state index contributed by atoms with van der Waals surface area (Å²) in [5, 5.41) is 5.88. The molecule has 0 aliphatic heterocycles. The van der Waals surface area contributed by atoms with E-state index in [1.807, 2.05) is 6.92 Å². The average molecular weight is 308 g/mol. The van der Waals surface area contributed by atoms with Gasteiger partial charge in [-0.25, -0.2) is 4.98 Å². The molecule has 0 atom stereocenters. The second-order valence-electron chi connectivity index (χ2n) is 2.97. The molecule has 1 rings (SSSR count). The fourth-order valence-electron chi connectivity index (χ4n) is 1.05. The minimum atomic E-state index is 0.00581. The maximum Gasteiger partial charge on any atom is 0.224 e. The molecular weight excluding hydrogens is 295 g/mol. The quantitative estimate of drug-likeness (QED) is 0.815. The fourth-order valence-corrected chi connectivity index (χ4v) is 1.51. The van der Waals surface area contributed by atoms with Crippen molar-refractivity contribution < 1.29 is 4.79 Å². The first kappa shape index (κ1) is 13.2. The maximum atomic E-state index is 11.2. The van der Waals surface area contributed by atoms with E-state index in [9.17, 15) is 4.79 Å². The third kappa shape index (κ3) is 4.32. The number of hydrogen-bond acceptors (Lipinski definition) is 4. The molecule has 1 amide bonds. The third-order valence-corrected chi connectivity index (χ3v) is 2.50. The number of anilines is 1. The highest BCUT2D eigenvalue weighted by Gasteiger charge is 2.04. The van der Waals surface area contributed by atoms with E-state index in [2.05, 4.69) is 36.5 Å². The molecule has 0 aliphatic carbocycles. The van der Waals surface area contributed by atoms with Crippen molar-refractivity contribution in [1.82, 2.24) is 15.3 Å². The van der Waals surface area contributed by atoms with Crippen molar-refractivity contribution >= 4 is 39.3 Å². The van der Waals surface area contributed by atoms with Crippen LogP contribution in [0.25, 0.3) is 0 Å². The first-order valence-electron chi connectivity index (χ1n) is 4.82. The Morgan fingerprint density at radius 1 is 1.62 bits per heavy atom. The van der Waals surface area contributed by atoms with Gasteiger partial charge in [0.15, 0.2) is 0 Å². The van der Waals surface area contributed by atoms with Crippen molar-refractivity contribution in [3.8, 4) is 0 Å². The van der Waals surface area contributed by atoms with Gasteiger partial charge in [0, 0.05) is 25.7 Å². The molecule has 1 heterocycles. The molecule has 0 aliphatic rings. The van der Waals surface area contributed by atoms with Crippen LogP contribution in [0, 0.1) is 0 Å². The number of hydrogen-bond donors (Lipinski definition) is 2. The van der Waals surface area contributed by atoms with Gasteiger partial charge in [0.25, 0.3) is 0 Å². The highest BCUT2D eigenvalue weighted by molar-refractivity contribution is 9.10. The summed E-state index contributed by atoms with van der Waals surface area (Å²) in [5.74, 6) is 0.593. The summed E-state index contributed by atoms with van der Waals surface area (Å²) in [6, 6.07) is 0. The summed E-state index contributed by atoms with van der Waals surface area (Å²) in [6.45, 7) is 3.02. The van der Waals surface area contributed by atoms with Crippen LogP contribution in [0.3, 0.4) is 0 Å². The molecule has 16 heavy (non-hydrogen) atoms. The van der Waals surface area contributed by atoms with E-state index in [4.69, 9.17) is 11.6 Å². The Morgan fingerprint density at radius 3 is 3.06 bits per heavy atom. The Kier molecular flexibility index (Phi) is 5.48. The molecule has 0 spiro atoms. The average Bonchev–Trinajstić information content (AvgIpc) is 2.23. The number of nitrogens with zero attached hydrogens (tertiary/aromatic N) is 2. The van der Waals surface area contributed by atoms with Crippen LogP contribution in [-0.4, -0.2) is 29.0 Å². The molecule has 88 valence electrons. The zero-order valence-electron chi connectivity index (χ0n) is 8.76. The van der Waals surface area contributed by atoms with Crippen LogP contribution >= 0.6 is 27.5 Å². The van der Waals surface area contributed by atoms with Gasteiger partial charge < -0.3 is 10.6 Å². The summed E-state index contributed by atoms with van der Waals surface area (Å²) in [4.78, 5) is 18.9. The Labute approximate surface area is 107 Å². The first-order valence-corrected chi connectivity index (χ1v) is 5.99. The lowest BCUT2D eigenvalue weighted by Gasteiger charge is -2.07. The Balaban J connectivity index is 2.42. The Hall–Kier alpha value is -0.880. The lowest BCUT2D eigenvalue weighted by molar-refractivity contribution is -0.120. The molecule has 0 fully saturated rings. The molecule has 0 radical (unpaired) electrons. The van der Waals surface area contributed by atoms with Gasteiger partial charge in [-0.2, -0.15) is 4.98 Å². The zero-order chi connectivity index (χ0) is 12.0. The van der Waals surface area contributed by atoms with Gasteiger partial charge in [0.05, 0.1) is 4.47 Å². The number of carbonyl (C=O) groups excluding carboxylic acids is 1.